The van der Waals surface area contributed by atoms with Crippen LogP contribution in [0.4, 0.5) is 8.78 Å². The highest BCUT2D eigenvalue weighted by Crippen LogP contribution is 2.32. The molecule has 1 aliphatic rings. The van der Waals surface area contributed by atoms with Crippen molar-refractivity contribution < 1.29 is 27.1 Å². The smallest absolute Gasteiger partial charge is 0.322 e. The standard InChI is InChI=1S/C11H10BrF2NO4S/c12-7-4-6(13)5-8(14)10(7)20(18,19)15-3-1-2-9(15)11(16)17/h4-5,9H,1-3H2,(H,16,17). The molecule has 0 bridgehead atoms. The molecule has 0 amide bonds. The number of carboxylic acid groups (broad SMARTS) is 1. The molecule has 1 N–H and O–H groups in total. The van der Waals surface area contributed by atoms with Gasteiger partial charge in [-0.3, -0.25) is 4.79 Å². The first-order valence-electron chi connectivity index (χ1n) is 5.64. The molecule has 1 heterocycles. The van der Waals surface area contributed by atoms with Gasteiger partial charge in [0.1, 0.15) is 22.6 Å². The molecule has 2 rings (SSSR count). The average molecular weight is 370 g/mol. The van der Waals surface area contributed by atoms with Crippen molar-refractivity contribution in [2.45, 2.75) is 23.8 Å². The summed E-state index contributed by atoms with van der Waals surface area (Å²) < 4.78 is 52.0. The number of halogens is 3. The summed E-state index contributed by atoms with van der Waals surface area (Å²) in [5, 5.41) is 9.01. The molecule has 110 valence electrons. The van der Waals surface area contributed by atoms with Crippen LogP contribution in [0.5, 0.6) is 0 Å². The minimum absolute atomic E-state index is 0.0114. The maximum absolute atomic E-state index is 13.8. The fourth-order valence-electron chi connectivity index (χ4n) is 2.17. The van der Waals surface area contributed by atoms with E-state index in [1.54, 1.807) is 0 Å². The van der Waals surface area contributed by atoms with Crippen LogP contribution in [0.3, 0.4) is 0 Å². The summed E-state index contributed by atoms with van der Waals surface area (Å²) in [4.78, 5) is 10.3. The Balaban J connectivity index is 2.54. The average Bonchev–Trinajstić information content (AvgIpc) is 2.75. The van der Waals surface area contributed by atoms with E-state index in [2.05, 4.69) is 15.9 Å². The first-order valence-corrected chi connectivity index (χ1v) is 7.87. The number of hydrogen-bond acceptors (Lipinski definition) is 3. The van der Waals surface area contributed by atoms with Crippen molar-refractivity contribution in [1.82, 2.24) is 4.31 Å². The van der Waals surface area contributed by atoms with Crippen LogP contribution >= 0.6 is 15.9 Å². The van der Waals surface area contributed by atoms with Gasteiger partial charge in [0.2, 0.25) is 10.0 Å². The van der Waals surface area contributed by atoms with Gasteiger partial charge in [-0.1, -0.05) is 0 Å². The lowest BCUT2D eigenvalue weighted by atomic mass is 10.2. The van der Waals surface area contributed by atoms with E-state index in [0.717, 1.165) is 10.4 Å². The first kappa shape index (κ1) is 15.3. The molecule has 1 saturated heterocycles. The van der Waals surface area contributed by atoms with Gasteiger partial charge in [-0.05, 0) is 34.8 Å². The quantitative estimate of drug-likeness (QED) is 0.883. The molecule has 1 aliphatic heterocycles. The van der Waals surface area contributed by atoms with Gasteiger partial charge in [-0.2, -0.15) is 4.31 Å². The maximum atomic E-state index is 13.8. The fourth-order valence-corrected chi connectivity index (χ4v) is 4.93. The number of benzene rings is 1. The number of carboxylic acids is 1. The molecule has 1 aromatic rings. The highest BCUT2D eigenvalue weighted by atomic mass is 79.9. The zero-order chi connectivity index (χ0) is 15.1. The summed E-state index contributed by atoms with van der Waals surface area (Å²) >= 11 is 2.80. The Morgan fingerprint density at radius 2 is 2.05 bits per heavy atom. The third kappa shape index (κ3) is 2.57. The van der Waals surface area contributed by atoms with Gasteiger partial charge in [0.15, 0.2) is 0 Å². The number of hydrogen-bond donors (Lipinski definition) is 1. The fraction of sp³-hybridized carbons (Fsp3) is 0.364. The topological polar surface area (TPSA) is 74.7 Å². The molecule has 9 heteroatoms. The summed E-state index contributed by atoms with van der Waals surface area (Å²) in [6.07, 6.45) is 0.533. The molecule has 0 aromatic heterocycles. The second-order valence-corrected chi connectivity index (χ2v) is 6.99. The molecule has 1 aromatic carbocycles. The van der Waals surface area contributed by atoms with E-state index in [9.17, 15) is 22.0 Å². The van der Waals surface area contributed by atoms with Crippen molar-refractivity contribution in [2.24, 2.45) is 0 Å². The van der Waals surface area contributed by atoms with Crippen LogP contribution in [0.1, 0.15) is 12.8 Å². The molecular weight excluding hydrogens is 360 g/mol. The Morgan fingerprint density at radius 1 is 1.40 bits per heavy atom. The number of nitrogens with zero attached hydrogens (tertiary/aromatic N) is 1. The highest BCUT2D eigenvalue weighted by Gasteiger charge is 2.41. The summed E-state index contributed by atoms with van der Waals surface area (Å²) in [5.74, 6) is -3.47. The number of aliphatic carboxylic acids is 1. The zero-order valence-corrected chi connectivity index (χ0v) is 12.4. The third-order valence-electron chi connectivity index (χ3n) is 3.02. The van der Waals surface area contributed by atoms with Gasteiger partial charge in [0.05, 0.1) is 0 Å². The van der Waals surface area contributed by atoms with Crippen LogP contribution in [0.2, 0.25) is 0 Å². The zero-order valence-electron chi connectivity index (χ0n) is 10.0. The van der Waals surface area contributed by atoms with Crippen LogP contribution in [-0.4, -0.2) is 36.4 Å². The largest absolute Gasteiger partial charge is 0.480 e. The van der Waals surface area contributed by atoms with Gasteiger partial charge in [-0.25, -0.2) is 17.2 Å². The molecule has 0 radical (unpaired) electrons. The minimum atomic E-state index is -4.35. The van der Waals surface area contributed by atoms with Gasteiger partial charge in [0, 0.05) is 17.1 Å². The molecule has 0 spiro atoms. The lowest BCUT2D eigenvalue weighted by Crippen LogP contribution is -2.40. The van der Waals surface area contributed by atoms with E-state index in [4.69, 9.17) is 5.11 Å². The third-order valence-corrected chi connectivity index (χ3v) is 5.89. The summed E-state index contributed by atoms with van der Waals surface area (Å²) in [7, 11) is -4.35. The number of rotatable bonds is 3. The molecule has 0 saturated carbocycles. The van der Waals surface area contributed by atoms with Crippen molar-refractivity contribution >= 4 is 31.9 Å². The van der Waals surface area contributed by atoms with Gasteiger partial charge in [0.25, 0.3) is 0 Å². The van der Waals surface area contributed by atoms with E-state index in [0.29, 0.717) is 12.5 Å². The van der Waals surface area contributed by atoms with Gasteiger partial charge in [-0.15, -0.1) is 0 Å². The Labute approximate surface area is 122 Å². The molecule has 20 heavy (non-hydrogen) atoms. The van der Waals surface area contributed by atoms with Crippen LogP contribution in [0, 0.1) is 11.6 Å². The molecule has 1 fully saturated rings. The summed E-state index contributed by atoms with van der Waals surface area (Å²) in [5.41, 5.74) is 0. The highest BCUT2D eigenvalue weighted by molar-refractivity contribution is 9.10. The first-order chi connectivity index (χ1) is 9.25. The monoisotopic (exact) mass is 369 g/mol. The van der Waals surface area contributed by atoms with Crippen LogP contribution in [0.15, 0.2) is 21.5 Å². The molecule has 0 aliphatic carbocycles. The number of sulfonamides is 1. The summed E-state index contributed by atoms with van der Waals surface area (Å²) in [6.45, 7) is -0.0114. The Bertz CT molecular complexity index is 641. The Hall–Kier alpha value is -1.06. The SMILES string of the molecule is O=C(O)C1CCCN1S(=O)(=O)c1c(F)cc(F)cc1Br. The van der Waals surface area contributed by atoms with E-state index >= 15 is 0 Å². The van der Waals surface area contributed by atoms with Gasteiger partial charge >= 0.3 is 5.97 Å². The Kier molecular flexibility index (Phi) is 4.12. The van der Waals surface area contributed by atoms with Crippen LogP contribution in [0.25, 0.3) is 0 Å². The summed E-state index contributed by atoms with van der Waals surface area (Å²) in [6, 6.07) is 0.0435. The predicted molar refractivity (Wildman–Crippen MR) is 68.6 cm³/mol. The second kappa shape index (κ2) is 5.38. The maximum Gasteiger partial charge on any atom is 0.322 e. The minimum Gasteiger partial charge on any atom is -0.480 e. The second-order valence-electron chi connectivity index (χ2n) is 4.31. The van der Waals surface area contributed by atoms with E-state index in [1.165, 1.54) is 0 Å². The van der Waals surface area contributed by atoms with Crippen molar-refractivity contribution in [1.29, 1.82) is 0 Å². The van der Waals surface area contributed by atoms with E-state index in [-0.39, 0.29) is 17.4 Å². The van der Waals surface area contributed by atoms with Crippen molar-refractivity contribution in [3.63, 3.8) is 0 Å². The van der Waals surface area contributed by atoms with E-state index < -0.39 is 38.6 Å². The van der Waals surface area contributed by atoms with E-state index in [1.807, 2.05) is 0 Å². The molecule has 1 atom stereocenters. The van der Waals surface area contributed by atoms with Crippen molar-refractivity contribution in [2.75, 3.05) is 6.54 Å². The molecule has 5 nitrogen and oxygen atoms in total. The van der Waals surface area contributed by atoms with Crippen molar-refractivity contribution in [3.05, 3.63) is 28.2 Å². The molecular formula is C11H10BrF2NO4S. The van der Waals surface area contributed by atoms with Crippen LogP contribution in [-0.2, 0) is 14.8 Å². The lowest BCUT2D eigenvalue weighted by molar-refractivity contribution is -0.140. The normalized spacial score (nSPS) is 20.2. The molecule has 1 unspecified atom stereocenters. The number of carbonyl (C=O) groups is 1. The Morgan fingerprint density at radius 3 is 2.60 bits per heavy atom. The van der Waals surface area contributed by atoms with Gasteiger partial charge < -0.3 is 5.11 Å². The predicted octanol–water partition coefficient (Wildman–Crippen LogP) is 1.97. The van der Waals surface area contributed by atoms with Crippen LogP contribution < -0.4 is 0 Å². The lowest BCUT2D eigenvalue weighted by Gasteiger charge is -2.21. The van der Waals surface area contributed by atoms with Crippen molar-refractivity contribution in [3.8, 4) is 0 Å².